The molecule has 0 radical (unpaired) electrons. The topological polar surface area (TPSA) is 128 Å². The van der Waals surface area contributed by atoms with Gasteiger partial charge < -0.3 is 15.8 Å². The third kappa shape index (κ3) is 4.82. The highest BCUT2D eigenvalue weighted by molar-refractivity contribution is 7.90. The third-order valence-electron chi connectivity index (χ3n) is 4.05. The van der Waals surface area contributed by atoms with E-state index in [1.165, 1.54) is 23.5 Å². The number of carbonyl (C=O) groups excluding carboxylic acids is 2. The summed E-state index contributed by atoms with van der Waals surface area (Å²) in [6.45, 7) is 0.405. The number of sulfonamides is 1. The molecule has 150 valence electrons. The molecule has 1 unspecified atom stereocenters. The lowest BCUT2D eigenvalue weighted by atomic mass is 10.2. The Hall–Kier alpha value is -2.14. The van der Waals surface area contributed by atoms with Crippen molar-refractivity contribution < 1.29 is 22.7 Å². The molecule has 0 aliphatic carbocycles. The summed E-state index contributed by atoms with van der Waals surface area (Å²) in [5.74, 6) is -1.66. The van der Waals surface area contributed by atoms with Crippen LogP contribution in [0.15, 0.2) is 35.2 Å². The number of benzene rings is 1. The molecular formula is C17H18ClN3O5S2. The molecule has 2 heterocycles. The van der Waals surface area contributed by atoms with Gasteiger partial charge in [0.25, 0.3) is 21.8 Å². The van der Waals surface area contributed by atoms with Gasteiger partial charge in [-0.25, -0.2) is 13.1 Å². The van der Waals surface area contributed by atoms with E-state index in [9.17, 15) is 18.0 Å². The minimum absolute atomic E-state index is 0.130. The van der Waals surface area contributed by atoms with Gasteiger partial charge in [-0.15, -0.1) is 11.3 Å². The summed E-state index contributed by atoms with van der Waals surface area (Å²) in [5, 5.41) is 3.46. The highest BCUT2D eigenvalue weighted by Gasteiger charge is 2.26. The maximum absolute atomic E-state index is 12.7. The molecule has 11 heteroatoms. The van der Waals surface area contributed by atoms with Crippen molar-refractivity contribution in [3.8, 4) is 5.75 Å². The molecule has 0 bridgehead atoms. The average molecular weight is 444 g/mol. The lowest BCUT2D eigenvalue weighted by Gasteiger charge is -2.12. The SMILES string of the molecule is NC(=O)COc1ccc(Cl)cc1S(=O)(=O)NC(=O)c1ccc(C2CCCN2)s1. The average Bonchev–Trinajstić information content (AvgIpc) is 3.31. The van der Waals surface area contributed by atoms with Crippen molar-refractivity contribution in [2.45, 2.75) is 23.8 Å². The zero-order valence-electron chi connectivity index (χ0n) is 14.6. The van der Waals surface area contributed by atoms with Gasteiger partial charge in [0.1, 0.15) is 10.6 Å². The second kappa shape index (κ2) is 8.48. The number of thiophene rings is 1. The molecule has 1 aliphatic rings. The Morgan fingerprint density at radius 2 is 2.11 bits per heavy atom. The summed E-state index contributed by atoms with van der Waals surface area (Å²) in [6.07, 6.45) is 2.03. The van der Waals surface area contributed by atoms with Gasteiger partial charge in [-0.05, 0) is 49.7 Å². The first-order valence-electron chi connectivity index (χ1n) is 8.37. The van der Waals surface area contributed by atoms with Crippen LogP contribution in [0.25, 0.3) is 0 Å². The molecular weight excluding hydrogens is 426 g/mol. The van der Waals surface area contributed by atoms with Crippen molar-refractivity contribution in [1.82, 2.24) is 10.0 Å². The first kappa shape index (κ1) is 20.6. The molecule has 4 N–H and O–H groups in total. The van der Waals surface area contributed by atoms with Crippen molar-refractivity contribution in [3.05, 3.63) is 45.1 Å². The van der Waals surface area contributed by atoms with Crippen LogP contribution in [0.3, 0.4) is 0 Å². The standard InChI is InChI=1S/C17H18ClN3O5S2/c18-10-3-4-12(26-9-16(19)22)15(8-10)28(24,25)21-17(23)14-6-5-13(27-14)11-2-1-7-20-11/h3-6,8,11,20H,1-2,7,9H2,(H2,19,22)(H,21,23). The molecule has 0 saturated carbocycles. The molecule has 1 fully saturated rings. The molecule has 3 rings (SSSR count). The normalized spacial score (nSPS) is 16.7. The molecule has 1 aromatic heterocycles. The van der Waals surface area contributed by atoms with Crippen molar-refractivity contribution in [2.75, 3.05) is 13.2 Å². The lowest BCUT2D eigenvalue weighted by molar-refractivity contribution is -0.120. The quantitative estimate of drug-likeness (QED) is 0.598. The number of hydrogen-bond acceptors (Lipinski definition) is 7. The number of rotatable bonds is 7. The Bertz CT molecular complexity index is 1000. The van der Waals surface area contributed by atoms with Crippen LogP contribution in [0.1, 0.15) is 33.4 Å². The molecule has 1 atom stereocenters. The Morgan fingerprint density at radius 1 is 1.32 bits per heavy atom. The molecule has 0 spiro atoms. The van der Waals surface area contributed by atoms with Crippen molar-refractivity contribution >= 4 is 44.8 Å². The molecule has 1 saturated heterocycles. The van der Waals surface area contributed by atoms with Gasteiger partial charge in [-0.3, -0.25) is 9.59 Å². The summed E-state index contributed by atoms with van der Waals surface area (Å²) in [4.78, 5) is 24.3. The third-order valence-corrected chi connectivity index (χ3v) is 6.83. The first-order valence-corrected chi connectivity index (χ1v) is 11.0. The van der Waals surface area contributed by atoms with E-state index in [0.717, 1.165) is 30.3 Å². The van der Waals surface area contributed by atoms with Gasteiger partial charge in [0.15, 0.2) is 6.61 Å². The van der Waals surface area contributed by atoms with Crippen molar-refractivity contribution in [1.29, 1.82) is 0 Å². The highest BCUT2D eigenvalue weighted by atomic mass is 35.5. The van der Waals surface area contributed by atoms with Gasteiger partial charge in [0.2, 0.25) is 0 Å². The van der Waals surface area contributed by atoms with Crippen LogP contribution < -0.4 is 20.5 Å². The summed E-state index contributed by atoms with van der Waals surface area (Å²) in [5.41, 5.74) is 5.03. The van der Waals surface area contributed by atoms with Crippen LogP contribution in [-0.4, -0.2) is 33.4 Å². The van der Waals surface area contributed by atoms with Gasteiger partial charge in [-0.2, -0.15) is 0 Å². The Balaban J connectivity index is 1.80. The number of carbonyl (C=O) groups is 2. The Morgan fingerprint density at radius 3 is 2.79 bits per heavy atom. The molecule has 1 aliphatic heterocycles. The van der Waals surface area contributed by atoms with E-state index in [1.54, 1.807) is 6.07 Å². The van der Waals surface area contributed by atoms with Crippen LogP contribution >= 0.6 is 22.9 Å². The maximum Gasteiger partial charge on any atom is 0.275 e. The predicted octanol–water partition coefficient (Wildman–Crippen LogP) is 1.81. The Kier molecular flexibility index (Phi) is 6.23. The number of hydrogen-bond donors (Lipinski definition) is 3. The van der Waals surface area contributed by atoms with Gasteiger partial charge in [0, 0.05) is 15.9 Å². The summed E-state index contributed by atoms with van der Waals surface area (Å²) >= 11 is 7.12. The minimum Gasteiger partial charge on any atom is -0.482 e. The summed E-state index contributed by atoms with van der Waals surface area (Å²) in [7, 11) is -4.29. The smallest absolute Gasteiger partial charge is 0.275 e. The number of primary amides is 1. The fourth-order valence-electron chi connectivity index (χ4n) is 2.78. The van der Waals surface area contributed by atoms with Crippen molar-refractivity contribution in [3.63, 3.8) is 0 Å². The van der Waals surface area contributed by atoms with Crippen LogP contribution in [0, 0.1) is 0 Å². The van der Waals surface area contributed by atoms with E-state index in [0.29, 0.717) is 0 Å². The molecule has 1 aromatic carbocycles. The number of ether oxygens (including phenoxy) is 1. The number of halogens is 1. The fourth-order valence-corrected chi connectivity index (χ4v) is 5.23. The largest absolute Gasteiger partial charge is 0.482 e. The monoisotopic (exact) mass is 443 g/mol. The van der Waals surface area contributed by atoms with Crippen LogP contribution in [0.4, 0.5) is 0 Å². The molecule has 8 nitrogen and oxygen atoms in total. The fraction of sp³-hybridized carbons (Fsp3) is 0.294. The highest BCUT2D eigenvalue weighted by Crippen LogP contribution is 2.30. The molecule has 2 aromatic rings. The van der Waals surface area contributed by atoms with E-state index in [2.05, 4.69) is 5.32 Å². The van der Waals surface area contributed by atoms with Crippen LogP contribution in [0.5, 0.6) is 5.75 Å². The number of nitrogens with two attached hydrogens (primary N) is 1. The zero-order chi connectivity index (χ0) is 20.3. The van der Waals surface area contributed by atoms with Crippen LogP contribution in [0.2, 0.25) is 5.02 Å². The van der Waals surface area contributed by atoms with E-state index < -0.39 is 28.4 Å². The van der Waals surface area contributed by atoms with E-state index >= 15 is 0 Å². The minimum atomic E-state index is -4.29. The molecule has 28 heavy (non-hydrogen) atoms. The predicted molar refractivity (Wildman–Crippen MR) is 105 cm³/mol. The number of nitrogens with one attached hydrogen (secondary N) is 2. The van der Waals surface area contributed by atoms with Crippen molar-refractivity contribution in [2.24, 2.45) is 5.73 Å². The zero-order valence-corrected chi connectivity index (χ0v) is 17.0. The van der Waals surface area contributed by atoms with Gasteiger partial charge in [-0.1, -0.05) is 11.6 Å². The van der Waals surface area contributed by atoms with E-state index in [1.807, 2.05) is 10.8 Å². The lowest BCUT2D eigenvalue weighted by Crippen LogP contribution is -2.30. The number of amides is 2. The van der Waals surface area contributed by atoms with Gasteiger partial charge in [0.05, 0.1) is 4.88 Å². The second-order valence-electron chi connectivity index (χ2n) is 6.13. The van der Waals surface area contributed by atoms with Crippen LogP contribution in [-0.2, 0) is 14.8 Å². The maximum atomic E-state index is 12.7. The van der Waals surface area contributed by atoms with E-state index in [4.69, 9.17) is 22.1 Å². The van der Waals surface area contributed by atoms with Gasteiger partial charge >= 0.3 is 0 Å². The van der Waals surface area contributed by atoms with E-state index in [-0.39, 0.29) is 26.6 Å². The first-order chi connectivity index (χ1) is 13.3. The second-order valence-corrected chi connectivity index (χ2v) is 9.33. The summed E-state index contributed by atoms with van der Waals surface area (Å²) < 4.78 is 32.6. The Labute approximate surface area is 171 Å². The molecule has 2 amide bonds. The summed E-state index contributed by atoms with van der Waals surface area (Å²) in [6, 6.07) is 7.42.